The number of aliphatic hydroxyl groups excluding tert-OH is 4. The molecule has 1 aliphatic rings. The van der Waals surface area contributed by atoms with Gasteiger partial charge in [0.1, 0.15) is 18.5 Å². The van der Waals surface area contributed by atoms with Crippen LogP contribution in [0.3, 0.4) is 0 Å². The molecule has 0 aliphatic heterocycles. The van der Waals surface area contributed by atoms with Gasteiger partial charge in [-0.3, -0.25) is 23.4 Å². The van der Waals surface area contributed by atoms with E-state index >= 15 is 0 Å². The third kappa shape index (κ3) is 31.7. The van der Waals surface area contributed by atoms with Gasteiger partial charge in [0.2, 0.25) is 0 Å². The average Bonchev–Trinajstić information content (AvgIpc) is 3.49. The van der Waals surface area contributed by atoms with E-state index in [9.17, 15) is 39.2 Å². The van der Waals surface area contributed by atoms with Gasteiger partial charge in [0.15, 0.2) is 6.10 Å². The summed E-state index contributed by atoms with van der Waals surface area (Å²) < 4.78 is 32.8. The molecule has 1 aliphatic carbocycles. The number of Topliss-reactive ketones (excluding diaryl/α,β-unsaturated/α-hetero) is 1. The minimum Gasteiger partial charge on any atom is -0.462 e. The zero-order valence-corrected chi connectivity index (χ0v) is 39.2. The number of phosphoric acid groups is 1. The number of ether oxygens (including phenoxy) is 2. The summed E-state index contributed by atoms with van der Waals surface area (Å²) in [6.45, 7) is 4.37. The second-order valence-corrected chi connectivity index (χ2v) is 19.2. The molecule has 0 spiro atoms. The summed E-state index contributed by atoms with van der Waals surface area (Å²) in [7, 11) is -4.68. The lowest BCUT2D eigenvalue weighted by Crippen LogP contribution is -2.29. The SMILES string of the molecule is CCCCC[C@H](O)/C=C/[C@H]1[C@H](O)CC(=O)[C@@H]1CCCCCCC(=O)O[C@H](COC(=O)CCCCCCCCCCCCCCCCCC(C)C)COP(=O)(O)OC[C@@H](O)CO. The van der Waals surface area contributed by atoms with Gasteiger partial charge in [-0.2, -0.15) is 0 Å². The molecule has 1 saturated carbocycles. The molecule has 1 unspecified atom stereocenters. The van der Waals surface area contributed by atoms with E-state index in [2.05, 4.69) is 25.3 Å². The molecule has 1 rings (SSSR count). The maximum absolute atomic E-state index is 12.8. The lowest BCUT2D eigenvalue weighted by atomic mass is 9.88. The summed E-state index contributed by atoms with van der Waals surface area (Å²) in [4.78, 5) is 47.9. The number of hydrogen-bond donors (Lipinski definition) is 5. The first-order valence-corrected chi connectivity index (χ1v) is 25.6. The van der Waals surface area contributed by atoms with E-state index in [4.69, 9.17) is 19.1 Å². The summed E-state index contributed by atoms with van der Waals surface area (Å²) in [5.41, 5.74) is 0. The zero-order valence-electron chi connectivity index (χ0n) is 38.3. The second-order valence-electron chi connectivity index (χ2n) is 17.7. The van der Waals surface area contributed by atoms with Crippen molar-refractivity contribution >= 4 is 25.5 Å². The topological polar surface area (TPSA) is 206 Å². The quantitative estimate of drug-likeness (QED) is 0.0168. The Morgan fingerprint density at radius 1 is 0.721 bits per heavy atom. The van der Waals surface area contributed by atoms with Crippen LogP contribution < -0.4 is 0 Å². The maximum atomic E-state index is 12.8. The Balaban J connectivity index is 2.38. The summed E-state index contributed by atoms with van der Waals surface area (Å²) in [5, 5.41) is 39.1. The molecule has 0 bridgehead atoms. The monoisotopic (exact) mass is 891 g/mol. The van der Waals surface area contributed by atoms with Gasteiger partial charge in [0, 0.05) is 31.1 Å². The van der Waals surface area contributed by atoms with Gasteiger partial charge < -0.3 is 34.8 Å². The number of carbonyl (C=O) groups is 3. The Morgan fingerprint density at radius 2 is 1.23 bits per heavy atom. The van der Waals surface area contributed by atoms with E-state index in [0.717, 1.165) is 57.3 Å². The summed E-state index contributed by atoms with van der Waals surface area (Å²) in [5.74, 6) is -0.859. The highest BCUT2D eigenvalue weighted by molar-refractivity contribution is 7.47. The maximum Gasteiger partial charge on any atom is 0.472 e. The number of phosphoric ester groups is 1. The van der Waals surface area contributed by atoms with Crippen LogP contribution in [0.1, 0.15) is 201 Å². The smallest absolute Gasteiger partial charge is 0.462 e. The van der Waals surface area contributed by atoms with E-state index in [1.54, 1.807) is 12.2 Å². The van der Waals surface area contributed by atoms with Crippen molar-refractivity contribution in [2.75, 3.05) is 26.4 Å². The minimum atomic E-state index is -4.68. The summed E-state index contributed by atoms with van der Waals surface area (Å²) in [6.07, 6.45) is 26.5. The van der Waals surface area contributed by atoms with Crippen molar-refractivity contribution in [3.05, 3.63) is 12.2 Å². The number of aliphatic hydroxyl groups is 4. The molecule has 0 saturated heterocycles. The van der Waals surface area contributed by atoms with Crippen LogP contribution in [0.25, 0.3) is 0 Å². The van der Waals surface area contributed by atoms with Gasteiger partial charge >= 0.3 is 19.8 Å². The lowest BCUT2D eigenvalue weighted by molar-refractivity contribution is -0.161. The molecular formula is C47H87O13P. The molecule has 358 valence electrons. The van der Waals surface area contributed by atoms with Crippen LogP contribution in [-0.2, 0) is 37.5 Å². The summed E-state index contributed by atoms with van der Waals surface area (Å²) in [6, 6.07) is 0. The molecule has 0 heterocycles. The first kappa shape index (κ1) is 57.3. The fraction of sp³-hybridized carbons (Fsp3) is 0.894. The fourth-order valence-electron chi connectivity index (χ4n) is 7.72. The van der Waals surface area contributed by atoms with Gasteiger partial charge in [-0.05, 0) is 31.6 Å². The third-order valence-electron chi connectivity index (χ3n) is 11.5. The molecule has 5 N–H and O–H groups in total. The highest BCUT2D eigenvalue weighted by atomic mass is 31.2. The first-order chi connectivity index (χ1) is 29.3. The van der Waals surface area contributed by atoms with E-state index < -0.39 is 64.0 Å². The van der Waals surface area contributed by atoms with Crippen molar-refractivity contribution in [2.45, 2.75) is 225 Å². The second kappa shape index (κ2) is 36.6. The fourth-order valence-corrected chi connectivity index (χ4v) is 8.51. The molecule has 14 heteroatoms. The van der Waals surface area contributed by atoms with Gasteiger partial charge in [0.25, 0.3) is 0 Å². The van der Waals surface area contributed by atoms with Crippen molar-refractivity contribution in [3.63, 3.8) is 0 Å². The van der Waals surface area contributed by atoms with Crippen LogP contribution in [0, 0.1) is 17.8 Å². The number of carbonyl (C=O) groups excluding carboxylic acids is 3. The molecule has 0 aromatic heterocycles. The van der Waals surface area contributed by atoms with Gasteiger partial charge in [-0.25, -0.2) is 4.57 Å². The standard InChI is InChI=1S/C47H87O13P/c1-4-5-21-27-39(49)31-32-43-42(44(51)33-45(43)52)28-23-19-20-25-30-47(54)60-41(37-59-61(55,56)58-35-40(50)34-48)36-57-46(53)29-24-18-16-14-12-10-8-6-7-9-11-13-15-17-22-26-38(2)3/h31-32,38-43,45,48-50,52H,4-30,33-37H2,1-3H3,(H,55,56)/b32-31+/t39-,40-,41+,42+,43+,45+/m0/s1. The van der Waals surface area contributed by atoms with E-state index in [1.807, 2.05) is 0 Å². The normalized spacial score (nSPS) is 19.4. The predicted octanol–water partition coefficient (Wildman–Crippen LogP) is 9.62. The van der Waals surface area contributed by atoms with Crippen LogP contribution in [-0.4, -0.2) is 93.9 Å². The predicted molar refractivity (Wildman–Crippen MR) is 239 cm³/mol. The van der Waals surface area contributed by atoms with Gasteiger partial charge in [-0.15, -0.1) is 0 Å². The number of rotatable bonds is 41. The highest BCUT2D eigenvalue weighted by Gasteiger charge is 2.39. The van der Waals surface area contributed by atoms with Crippen molar-refractivity contribution in [1.82, 2.24) is 0 Å². The Labute approximate surface area is 368 Å². The molecule has 7 atom stereocenters. The zero-order chi connectivity index (χ0) is 45.1. The number of unbranched alkanes of at least 4 members (excludes halogenated alkanes) is 19. The molecule has 1 fully saturated rings. The first-order valence-electron chi connectivity index (χ1n) is 24.1. The third-order valence-corrected chi connectivity index (χ3v) is 12.4. The molecule has 0 aromatic rings. The van der Waals surface area contributed by atoms with Crippen molar-refractivity contribution in [3.8, 4) is 0 Å². The van der Waals surface area contributed by atoms with Crippen LogP contribution in [0.4, 0.5) is 0 Å². The molecule has 0 radical (unpaired) electrons. The number of ketones is 1. The minimum absolute atomic E-state index is 0.0256. The highest BCUT2D eigenvalue weighted by Crippen LogP contribution is 2.43. The Morgan fingerprint density at radius 3 is 1.79 bits per heavy atom. The molecule has 0 aromatic carbocycles. The van der Waals surface area contributed by atoms with Crippen LogP contribution in [0.2, 0.25) is 0 Å². The molecular weight excluding hydrogens is 803 g/mol. The number of esters is 2. The van der Waals surface area contributed by atoms with Crippen molar-refractivity contribution in [1.29, 1.82) is 0 Å². The van der Waals surface area contributed by atoms with E-state index in [1.165, 1.54) is 77.0 Å². The Bertz CT molecular complexity index is 1200. The van der Waals surface area contributed by atoms with Crippen molar-refractivity contribution in [2.24, 2.45) is 17.8 Å². The summed E-state index contributed by atoms with van der Waals surface area (Å²) >= 11 is 0. The van der Waals surface area contributed by atoms with Gasteiger partial charge in [-0.1, -0.05) is 168 Å². The van der Waals surface area contributed by atoms with Crippen LogP contribution in [0.15, 0.2) is 12.2 Å². The number of hydrogen-bond acceptors (Lipinski definition) is 12. The molecule has 13 nitrogen and oxygen atoms in total. The molecule has 0 amide bonds. The Hall–Kier alpha value is -1.70. The average molecular weight is 891 g/mol. The lowest BCUT2D eigenvalue weighted by Gasteiger charge is -2.20. The van der Waals surface area contributed by atoms with Crippen LogP contribution >= 0.6 is 7.82 Å². The van der Waals surface area contributed by atoms with Gasteiger partial charge in [0.05, 0.1) is 32.0 Å². The van der Waals surface area contributed by atoms with Crippen molar-refractivity contribution < 1.29 is 62.8 Å². The van der Waals surface area contributed by atoms with E-state index in [0.29, 0.717) is 32.1 Å². The van der Waals surface area contributed by atoms with Crippen LogP contribution in [0.5, 0.6) is 0 Å². The largest absolute Gasteiger partial charge is 0.472 e. The Kier molecular flexibility index (Phi) is 34.4. The molecule has 61 heavy (non-hydrogen) atoms. The van der Waals surface area contributed by atoms with E-state index in [-0.39, 0.29) is 43.5 Å².